The van der Waals surface area contributed by atoms with Gasteiger partial charge in [0.25, 0.3) is 0 Å². The topological polar surface area (TPSA) is 79.5 Å². The fraction of sp³-hybridized carbons (Fsp3) is 0.222. The standard InChI is InChI=1S/C18H19BrFN3O3/c1-26-11-14-15(19)3-2-4-16(14)23-17(24)10-22-18(25)21-9-12-5-7-13(20)8-6-12/h2-8H,9-11H2,1H3,(H,23,24)(H2,21,22,25). The summed E-state index contributed by atoms with van der Waals surface area (Å²) in [6.45, 7) is 0.383. The molecule has 2 aromatic rings. The Morgan fingerprint density at radius 2 is 1.85 bits per heavy atom. The van der Waals surface area contributed by atoms with Crippen LogP contribution in [0.4, 0.5) is 14.9 Å². The third kappa shape index (κ3) is 6.12. The van der Waals surface area contributed by atoms with E-state index >= 15 is 0 Å². The SMILES string of the molecule is COCc1c(Br)cccc1NC(=O)CNC(=O)NCc1ccc(F)cc1. The van der Waals surface area contributed by atoms with E-state index in [1.807, 2.05) is 6.07 Å². The quantitative estimate of drug-likeness (QED) is 0.639. The Labute approximate surface area is 159 Å². The Morgan fingerprint density at radius 3 is 2.54 bits per heavy atom. The van der Waals surface area contributed by atoms with Crippen molar-refractivity contribution < 1.29 is 18.7 Å². The van der Waals surface area contributed by atoms with Crippen molar-refractivity contribution in [1.29, 1.82) is 0 Å². The fourth-order valence-corrected chi connectivity index (χ4v) is 2.65. The normalized spacial score (nSPS) is 10.3. The number of halogens is 2. The number of benzene rings is 2. The van der Waals surface area contributed by atoms with Crippen molar-refractivity contribution in [1.82, 2.24) is 10.6 Å². The van der Waals surface area contributed by atoms with Gasteiger partial charge in [-0.05, 0) is 29.8 Å². The van der Waals surface area contributed by atoms with Gasteiger partial charge in [0.1, 0.15) is 5.82 Å². The van der Waals surface area contributed by atoms with Crippen LogP contribution in [0.25, 0.3) is 0 Å². The third-order valence-electron chi connectivity index (χ3n) is 3.46. The molecule has 0 spiro atoms. The minimum atomic E-state index is -0.490. The van der Waals surface area contributed by atoms with Crippen LogP contribution >= 0.6 is 15.9 Å². The van der Waals surface area contributed by atoms with Crippen molar-refractivity contribution in [3.05, 3.63) is 63.9 Å². The number of anilines is 1. The van der Waals surface area contributed by atoms with E-state index in [4.69, 9.17) is 4.74 Å². The first-order chi connectivity index (χ1) is 12.5. The van der Waals surface area contributed by atoms with Gasteiger partial charge in [0.2, 0.25) is 5.91 Å². The number of rotatable bonds is 7. The molecule has 3 amide bonds. The molecule has 3 N–H and O–H groups in total. The summed E-state index contributed by atoms with van der Waals surface area (Å²) in [6, 6.07) is 10.7. The average molecular weight is 424 g/mol. The van der Waals surface area contributed by atoms with Crippen molar-refractivity contribution in [2.75, 3.05) is 19.0 Å². The largest absolute Gasteiger partial charge is 0.380 e. The molecule has 0 aliphatic carbocycles. The highest BCUT2D eigenvalue weighted by Crippen LogP contribution is 2.25. The summed E-state index contributed by atoms with van der Waals surface area (Å²) in [7, 11) is 1.57. The van der Waals surface area contributed by atoms with E-state index < -0.39 is 6.03 Å². The minimum absolute atomic E-state index is 0.186. The van der Waals surface area contributed by atoms with Crippen LogP contribution in [0.3, 0.4) is 0 Å². The van der Waals surface area contributed by atoms with Gasteiger partial charge >= 0.3 is 6.03 Å². The number of ether oxygens (including phenoxy) is 1. The van der Waals surface area contributed by atoms with Gasteiger partial charge in [0.05, 0.1) is 13.2 Å². The first-order valence-electron chi connectivity index (χ1n) is 7.82. The van der Waals surface area contributed by atoms with Crippen molar-refractivity contribution in [2.24, 2.45) is 0 Å². The van der Waals surface area contributed by atoms with Gasteiger partial charge in [-0.1, -0.05) is 34.1 Å². The first-order valence-corrected chi connectivity index (χ1v) is 8.61. The van der Waals surface area contributed by atoms with E-state index in [2.05, 4.69) is 31.9 Å². The molecule has 0 aliphatic rings. The maximum absolute atomic E-state index is 12.8. The Kier molecular flexibility index (Phi) is 7.55. The van der Waals surface area contributed by atoms with Gasteiger partial charge in [-0.15, -0.1) is 0 Å². The number of urea groups is 1. The molecule has 0 bridgehead atoms. The Bertz CT molecular complexity index is 769. The molecule has 0 fully saturated rings. The molecular formula is C18H19BrFN3O3. The molecule has 26 heavy (non-hydrogen) atoms. The molecule has 8 heteroatoms. The van der Waals surface area contributed by atoms with Crippen LogP contribution in [0.5, 0.6) is 0 Å². The molecule has 2 aromatic carbocycles. The van der Waals surface area contributed by atoms with Gasteiger partial charge in [0.15, 0.2) is 0 Å². The van der Waals surface area contributed by atoms with Crippen LogP contribution in [0.15, 0.2) is 46.9 Å². The second-order valence-corrected chi connectivity index (χ2v) is 6.26. The summed E-state index contributed by atoms with van der Waals surface area (Å²) in [6.07, 6.45) is 0. The van der Waals surface area contributed by atoms with Crippen molar-refractivity contribution in [3.63, 3.8) is 0 Å². The maximum Gasteiger partial charge on any atom is 0.315 e. The maximum atomic E-state index is 12.8. The second kappa shape index (κ2) is 9.88. The summed E-state index contributed by atoms with van der Waals surface area (Å²) in [4.78, 5) is 23.8. The number of amides is 3. The molecular weight excluding hydrogens is 405 g/mol. The molecule has 0 saturated carbocycles. The zero-order chi connectivity index (χ0) is 18.9. The summed E-state index contributed by atoms with van der Waals surface area (Å²) in [5.74, 6) is -0.701. The summed E-state index contributed by atoms with van der Waals surface area (Å²) in [5.41, 5.74) is 2.17. The van der Waals surface area contributed by atoms with Crippen LogP contribution in [-0.2, 0) is 22.7 Å². The van der Waals surface area contributed by atoms with Crippen LogP contribution in [0.2, 0.25) is 0 Å². The van der Waals surface area contributed by atoms with Crippen molar-refractivity contribution in [2.45, 2.75) is 13.2 Å². The molecule has 0 saturated heterocycles. The summed E-state index contributed by atoms with van der Waals surface area (Å²) in [5, 5.41) is 7.81. The lowest BCUT2D eigenvalue weighted by molar-refractivity contribution is -0.115. The molecule has 6 nitrogen and oxygen atoms in total. The predicted octanol–water partition coefficient (Wildman–Crippen LogP) is 3.17. The van der Waals surface area contributed by atoms with E-state index in [1.54, 1.807) is 31.4 Å². The molecule has 0 atom stereocenters. The van der Waals surface area contributed by atoms with Crippen LogP contribution in [-0.4, -0.2) is 25.6 Å². The van der Waals surface area contributed by atoms with Crippen molar-refractivity contribution >= 4 is 33.6 Å². The summed E-state index contributed by atoms with van der Waals surface area (Å²) >= 11 is 3.41. The zero-order valence-electron chi connectivity index (χ0n) is 14.1. The van der Waals surface area contributed by atoms with Crippen LogP contribution in [0, 0.1) is 5.82 Å². The van der Waals surface area contributed by atoms with Crippen LogP contribution in [0.1, 0.15) is 11.1 Å². The molecule has 0 heterocycles. The minimum Gasteiger partial charge on any atom is -0.380 e. The van der Waals surface area contributed by atoms with Gasteiger partial charge in [0, 0.05) is 29.4 Å². The Balaban J connectivity index is 1.80. The van der Waals surface area contributed by atoms with E-state index in [-0.39, 0.29) is 24.8 Å². The number of carbonyl (C=O) groups is 2. The lowest BCUT2D eigenvalue weighted by atomic mass is 10.2. The number of hydrogen-bond acceptors (Lipinski definition) is 3. The van der Waals surface area contributed by atoms with Crippen LogP contribution < -0.4 is 16.0 Å². The van der Waals surface area contributed by atoms with E-state index in [1.165, 1.54) is 12.1 Å². The number of carbonyl (C=O) groups excluding carboxylic acids is 2. The van der Waals surface area contributed by atoms with E-state index in [0.29, 0.717) is 12.3 Å². The van der Waals surface area contributed by atoms with E-state index in [0.717, 1.165) is 15.6 Å². The van der Waals surface area contributed by atoms with Crippen molar-refractivity contribution in [3.8, 4) is 0 Å². The van der Waals surface area contributed by atoms with Gasteiger partial charge in [-0.2, -0.15) is 0 Å². The number of nitrogens with one attached hydrogen (secondary N) is 3. The fourth-order valence-electron chi connectivity index (χ4n) is 2.17. The highest BCUT2D eigenvalue weighted by atomic mass is 79.9. The molecule has 138 valence electrons. The van der Waals surface area contributed by atoms with E-state index in [9.17, 15) is 14.0 Å². The Hall–Kier alpha value is -2.45. The molecule has 0 radical (unpaired) electrons. The van der Waals surface area contributed by atoms with Gasteiger partial charge in [-0.25, -0.2) is 9.18 Å². The smallest absolute Gasteiger partial charge is 0.315 e. The highest BCUT2D eigenvalue weighted by Gasteiger charge is 2.11. The zero-order valence-corrected chi connectivity index (χ0v) is 15.7. The Morgan fingerprint density at radius 1 is 1.12 bits per heavy atom. The molecule has 0 aromatic heterocycles. The van der Waals surface area contributed by atoms with Gasteiger partial charge in [-0.3, -0.25) is 4.79 Å². The lowest BCUT2D eigenvalue weighted by Crippen LogP contribution is -2.39. The van der Waals surface area contributed by atoms with Gasteiger partial charge < -0.3 is 20.7 Å². The molecule has 0 unspecified atom stereocenters. The second-order valence-electron chi connectivity index (χ2n) is 5.41. The molecule has 2 rings (SSSR count). The number of methoxy groups -OCH3 is 1. The lowest BCUT2D eigenvalue weighted by Gasteiger charge is -2.13. The summed E-state index contributed by atoms with van der Waals surface area (Å²) < 4.78 is 18.8. The third-order valence-corrected chi connectivity index (χ3v) is 4.20. The average Bonchev–Trinajstić information content (AvgIpc) is 2.62. The predicted molar refractivity (Wildman–Crippen MR) is 100 cm³/mol. The molecule has 0 aliphatic heterocycles. The number of hydrogen-bond donors (Lipinski definition) is 3. The monoisotopic (exact) mass is 423 g/mol. The first kappa shape index (κ1) is 19.9. The highest BCUT2D eigenvalue weighted by molar-refractivity contribution is 9.10.